The molecule has 2 N–H and O–H groups in total. The van der Waals surface area contributed by atoms with Gasteiger partial charge in [0.2, 0.25) is 0 Å². The first kappa shape index (κ1) is 14.6. The number of hydrogen-bond donors (Lipinski definition) is 2. The third-order valence-corrected chi connectivity index (χ3v) is 3.35. The Kier molecular flexibility index (Phi) is 5.62. The summed E-state index contributed by atoms with van der Waals surface area (Å²) in [5, 5.41) is 14.4. The van der Waals surface area contributed by atoms with Crippen molar-refractivity contribution in [2.75, 3.05) is 25.6 Å². The average Bonchev–Trinajstić information content (AvgIpc) is 2.50. The van der Waals surface area contributed by atoms with Crippen LogP contribution in [0.1, 0.15) is 25.7 Å². The number of unbranched alkanes of at least 4 members (excludes halogenated alkanes) is 3. The Labute approximate surface area is 119 Å². The van der Waals surface area contributed by atoms with Crippen LogP contribution < -0.4 is 10.1 Å². The SMILES string of the molecule is COc1ccc2c(NCCCCCCO)nccc2c1. The Morgan fingerprint density at radius 3 is 2.80 bits per heavy atom. The van der Waals surface area contributed by atoms with E-state index in [0.29, 0.717) is 6.61 Å². The Morgan fingerprint density at radius 1 is 1.15 bits per heavy atom. The second-order valence-corrected chi connectivity index (χ2v) is 4.81. The van der Waals surface area contributed by atoms with E-state index in [0.717, 1.165) is 54.6 Å². The molecule has 0 spiro atoms. The quantitative estimate of drug-likeness (QED) is 0.726. The molecule has 4 heteroatoms. The van der Waals surface area contributed by atoms with Gasteiger partial charge < -0.3 is 15.2 Å². The Bertz CT molecular complexity index is 543. The number of aromatic nitrogens is 1. The van der Waals surface area contributed by atoms with Gasteiger partial charge in [-0.3, -0.25) is 0 Å². The van der Waals surface area contributed by atoms with Crippen molar-refractivity contribution in [1.82, 2.24) is 4.98 Å². The fraction of sp³-hybridized carbons (Fsp3) is 0.438. The highest BCUT2D eigenvalue weighted by molar-refractivity contribution is 5.92. The zero-order valence-electron chi connectivity index (χ0n) is 11.9. The second-order valence-electron chi connectivity index (χ2n) is 4.81. The minimum Gasteiger partial charge on any atom is -0.497 e. The molecular formula is C16H22N2O2. The van der Waals surface area contributed by atoms with Crippen LogP contribution in [0.2, 0.25) is 0 Å². The van der Waals surface area contributed by atoms with Gasteiger partial charge in [0.1, 0.15) is 11.6 Å². The zero-order valence-corrected chi connectivity index (χ0v) is 11.9. The molecule has 108 valence electrons. The molecule has 20 heavy (non-hydrogen) atoms. The van der Waals surface area contributed by atoms with E-state index in [2.05, 4.69) is 10.3 Å². The third-order valence-electron chi connectivity index (χ3n) is 3.35. The molecule has 0 saturated heterocycles. The number of nitrogens with zero attached hydrogens (tertiary/aromatic N) is 1. The van der Waals surface area contributed by atoms with E-state index in [4.69, 9.17) is 9.84 Å². The maximum absolute atomic E-state index is 8.73. The lowest BCUT2D eigenvalue weighted by atomic mass is 10.1. The molecule has 1 heterocycles. The van der Waals surface area contributed by atoms with Gasteiger partial charge in [-0.05, 0) is 42.5 Å². The molecule has 0 amide bonds. The number of nitrogens with one attached hydrogen (secondary N) is 1. The number of aliphatic hydroxyl groups is 1. The molecule has 0 aliphatic carbocycles. The van der Waals surface area contributed by atoms with Gasteiger partial charge in [-0.25, -0.2) is 4.98 Å². The molecule has 4 nitrogen and oxygen atoms in total. The average molecular weight is 274 g/mol. The maximum Gasteiger partial charge on any atom is 0.133 e. The molecule has 1 aromatic heterocycles. The molecule has 0 aliphatic heterocycles. The van der Waals surface area contributed by atoms with E-state index >= 15 is 0 Å². The van der Waals surface area contributed by atoms with Gasteiger partial charge >= 0.3 is 0 Å². The van der Waals surface area contributed by atoms with Crippen LogP contribution in [0.15, 0.2) is 30.5 Å². The molecule has 0 fully saturated rings. The van der Waals surface area contributed by atoms with Gasteiger partial charge in [0, 0.05) is 24.7 Å². The number of anilines is 1. The van der Waals surface area contributed by atoms with Crippen LogP contribution in [-0.4, -0.2) is 30.4 Å². The van der Waals surface area contributed by atoms with Crippen molar-refractivity contribution in [3.8, 4) is 5.75 Å². The molecule has 0 bridgehead atoms. The summed E-state index contributed by atoms with van der Waals surface area (Å²) in [6.07, 6.45) is 6.01. The number of rotatable bonds is 8. The Balaban J connectivity index is 1.96. The number of fused-ring (bicyclic) bond motifs is 1. The molecule has 0 radical (unpaired) electrons. The van der Waals surface area contributed by atoms with Crippen molar-refractivity contribution >= 4 is 16.6 Å². The molecule has 2 rings (SSSR count). The molecule has 0 unspecified atom stereocenters. The van der Waals surface area contributed by atoms with Gasteiger partial charge in [0.25, 0.3) is 0 Å². The minimum absolute atomic E-state index is 0.292. The number of aliphatic hydroxyl groups excluding tert-OH is 1. The number of hydrogen-bond acceptors (Lipinski definition) is 4. The van der Waals surface area contributed by atoms with Crippen LogP contribution in [0.5, 0.6) is 5.75 Å². The number of methoxy groups -OCH3 is 1. The Hall–Kier alpha value is -1.81. The van der Waals surface area contributed by atoms with Crippen LogP contribution in [0.3, 0.4) is 0 Å². The maximum atomic E-state index is 8.73. The highest BCUT2D eigenvalue weighted by atomic mass is 16.5. The molecule has 2 aromatic rings. The topological polar surface area (TPSA) is 54.4 Å². The summed E-state index contributed by atoms with van der Waals surface area (Å²) in [5.74, 6) is 1.78. The first-order valence-electron chi connectivity index (χ1n) is 7.12. The molecule has 0 saturated carbocycles. The monoisotopic (exact) mass is 274 g/mol. The highest BCUT2D eigenvalue weighted by Gasteiger charge is 2.03. The van der Waals surface area contributed by atoms with Crippen LogP contribution in [-0.2, 0) is 0 Å². The van der Waals surface area contributed by atoms with E-state index in [9.17, 15) is 0 Å². The van der Waals surface area contributed by atoms with Crippen molar-refractivity contribution in [3.05, 3.63) is 30.5 Å². The van der Waals surface area contributed by atoms with E-state index in [1.165, 1.54) is 0 Å². The summed E-state index contributed by atoms with van der Waals surface area (Å²) in [7, 11) is 1.67. The van der Waals surface area contributed by atoms with Crippen LogP contribution in [0, 0.1) is 0 Å². The van der Waals surface area contributed by atoms with Crippen molar-refractivity contribution < 1.29 is 9.84 Å². The fourth-order valence-corrected chi connectivity index (χ4v) is 2.22. The minimum atomic E-state index is 0.292. The summed E-state index contributed by atoms with van der Waals surface area (Å²) in [6, 6.07) is 8.00. The van der Waals surface area contributed by atoms with E-state index < -0.39 is 0 Å². The molecule has 1 aromatic carbocycles. The van der Waals surface area contributed by atoms with Crippen molar-refractivity contribution in [2.45, 2.75) is 25.7 Å². The Morgan fingerprint density at radius 2 is 2.00 bits per heavy atom. The van der Waals surface area contributed by atoms with Gasteiger partial charge in [-0.1, -0.05) is 12.8 Å². The summed E-state index contributed by atoms with van der Waals surface area (Å²) >= 11 is 0. The standard InChI is InChI=1S/C16H22N2O2/c1-20-14-6-7-15-13(12-14)8-10-18-16(15)17-9-4-2-3-5-11-19/h6-8,10,12,19H,2-5,9,11H2,1H3,(H,17,18). The summed E-state index contributed by atoms with van der Waals surface area (Å²) in [6.45, 7) is 1.20. The molecular weight excluding hydrogens is 252 g/mol. The predicted molar refractivity (Wildman–Crippen MR) is 82.3 cm³/mol. The van der Waals surface area contributed by atoms with Crippen molar-refractivity contribution in [3.63, 3.8) is 0 Å². The normalized spacial score (nSPS) is 10.7. The number of benzene rings is 1. The van der Waals surface area contributed by atoms with Gasteiger partial charge in [0.15, 0.2) is 0 Å². The van der Waals surface area contributed by atoms with Gasteiger partial charge in [-0.15, -0.1) is 0 Å². The number of pyridine rings is 1. The first-order chi connectivity index (χ1) is 9.85. The molecule has 0 aliphatic rings. The lowest BCUT2D eigenvalue weighted by Gasteiger charge is -2.09. The summed E-state index contributed by atoms with van der Waals surface area (Å²) in [5.41, 5.74) is 0. The van der Waals surface area contributed by atoms with Crippen LogP contribution in [0.4, 0.5) is 5.82 Å². The highest BCUT2D eigenvalue weighted by Crippen LogP contribution is 2.25. The van der Waals surface area contributed by atoms with Crippen molar-refractivity contribution in [1.29, 1.82) is 0 Å². The van der Waals surface area contributed by atoms with Crippen LogP contribution in [0.25, 0.3) is 10.8 Å². The fourth-order valence-electron chi connectivity index (χ4n) is 2.22. The first-order valence-corrected chi connectivity index (χ1v) is 7.12. The van der Waals surface area contributed by atoms with Crippen molar-refractivity contribution in [2.24, 2.45) is 0 Å². The zero-order chi connectivity index (χ0) is 14.2. The summed E-state index contributed by atoms with van der Waals surface area (Å²) in [4.78, 5) is 4.40. The second kappa shape index (κ2) is 7.70. The summed E-state index contributed by atoms with van der Waals surface area (Å²) < 4.78 is 5.24. The lowest BCUT2D eigenvalue weighted by molar-refractivity contribution is 0.283. The van der Waals surface area contributed by atoms with E-state index in [1.54, 1.807) is 7.11 Å². The number of ether oxygens (including phenoxy) is 1. The smallest absolute Gasteiger partial charge is 0.133 e. The van der Waals surface area contributed by atoms with E-state index in [1.807, 2.05) is 30.5 Å². The predicted octanol–water partition coefficient (Wildman–Crippen LogP) is 3.21. The molecule has 0 atom stereocenters. The van der Waals surface area contributed by atoms with Crippen LogP contribution >= 0.6 is 0 Å². The largest absolute Gasteiger partial charge is 0.497 e. The van der Waals surface area contributed by atoms with Gasteiger partial charge in [0.05, 0.1) is 7.11 Å². The third kappa shape index (κ3) is 3.84. The lowest BCUT2D eigenvalue weighted by Crippen LogP contribution is -2.03. The van der Waals surface area contributed by atoms with Gasteiger partial charge in [-0.2, -0.15) is 0 Å². The van der Waals surface area contributed by atoms with E-state index in [-0.39, 0.29) is 0 Å².